The zero-order chi connectivity index (χ0) is 22.9. The van der Waals surface area contributed by atoms with Crippen LogP contribution in [0.3, 0.4) is 0 Å². The summed E-state index contributed by atoms with van der Waals surface area (Å²) in [4.78, 5) is 22.0. The summed E-state index contributed by atoms with van der Waals surface area (Å²) in [6.07, 6.45) is -3.21. The number of amides is 1. The third-order valence-corrected chi connectivity index (χ3v) is 5.24. The van der Waals surface area contributed by atoms with Gasteiger partial charge in [-0.1, -0.05) is 18.2 Å². The third-order valence-electron chi connectivity index (χ3n) is 5.24. The summed E-state index contributed by atoms with van der Waals surface area (Å²) >= 11 is 0. The largest absolute Gasteiger partial charge is 0.454 e. The lowest BCUT2D eigenvalue weighted by atomic mass is 10.0. The summed E-state index contributed by atoms with van der Waals surface area (Å²) in [5.41, 5.74) is 0.739. The summed E-state index contributed by atoms with van der Waals surface area (Å²) in [5.74, 6) is 1.44. The molecule has 0 spiro atoms. The molecule has 1 aliphatic rings. The van der Waals surface area contributed by atoms with Gasteiger partial charge >= 0.3 is 6.18 Å². The fraction of sp³-hybridized carbons (Fsp3) is 0.304. The van der Waals surface area contributed by atoms with Gasteiger partial charge in [-0.2, -0.15) is 13.2 Å². The molecule has 1 N–H and O–H groups in total. The molecule has 4 rings (SSSR count). The van der Waals surface area contributed by atoms with Gasteiger partial charge in [0.1, 0.15) is 5.82 Å². The monoisotopic (exact) mass is 445 g/mol. The molecule has 1 aliphatic heterocycles. The SMILES string of the molecule is CC(C)N(Cc1ncc(-c2ccc3c(c2)OCO3)[nH]1)C(=O)Cc1ccccc1C(F)(F)F. The summed E-state index contributed by atoms with van der Waals surface area (Å²) in [5, 5.41) is 0. The molecule has 0 saturated heterocycles. The molecule has 2 aromatic carbocycles. The Labute approximate surface area is 183 Å². The number of hydrogen-bond donors (Lipinski definition) is 1. The second-order valence-corrected chi connectivity index (χ2v) is 7.76. The maximum atomic E-state index is 13.3. The first-order valence-corrected chi connectivity index (χ1v) is 10.1. The number of carbonyl (C=O) groups excluding carboxylic acids is 1. The Morgan fingerprint density at radius 3 is 2.66 bits per heavy atom. The van der Waals surface area contributed by atoms with Gasteiger partial charge in [-0.3, -0.25) is 4.79 Å². The number of rotatable bonds is 6. The predicted octanol–water partition coefficient (Wildman–Crippen LogP) is 4.80. The first-order chi connectivity index (χ1) is 15.2. The summed E-state index contributed by atoms with van der Waals surface area (Å²) in [6.45, 7) is 3.95. The number of ether oxygens (including phenoxy) is 2. The van der Waals surface area contributed by atoms with E-state index in [2.05, 4.69) is 9.97 Å². The number of alkyl halides is 3. The van der Waals surface area contributed by atoms with E-state index >= 15 is 0 Å². The molecule has 1 aromatic heterocycles. The highest BCUT2D eigenvalue weighted by Gasteiger charge is 2.34. The predicted molar refractivity (Wildman–Crippen MR) is 111 cm³/mol. The van der Waals surface area contributed by atoms with E-state index in [0.717, 1.165) is 17.3 Å². The van der Waals surface area contributed by atoms with E-state index in [0.29, 0.717) is 17.3 Å². The molecular formula is C23H22F3N3O3. The number of imidazole rings is 1. The Hall–Kier alpha value is -3.49. The zero-order valence-corrected chi connectivity index (χ0v) is 17.6. The lowest BCUT2D eigenvalue weighted by molar-refractivity contribution is -0.139. The second kappa shape index (κ2) is 8.57. The number of benzene rings is 2. The van der Waals surface area contributed by atoms with Crippen LogP contribution in [0.1, 0.15) is 30.8 Å². The standard InChI is InChI=1S/C23H22F3N3O3/c1-14(2)29(22(30)10-15-5-3-4-6-17(15)23(24,25)26)12-21-27-11-18(28-21)16-7-8-19-20(9-16)32-13-31-19/h3-9,11,14H,10,12-13H2,1-2H3,(H,27,28). The number of carbonyl (C=O) groups is 1. The fourth-order valence-electron chi connectivity index (χ4n) is 3.59. The van der Waals surface area contributed by atoms with Crippen molar-refractivity contribution in [2.75, 3.05) is 6.79 Å². The molecular weight excluding hydrogens is 423 g/mol. The van der Waals surface area contributed by atoms with Gasteiger partial charge in [0.2, 0.25) is 12.7 Å². The number of hydrogen-bond acceptors (Lipinski definition) is 4. The smallest absolute Gasteiger partial charge is 0.416 e. The minimum atomic E-state index is -4.51. The van der Waals surface area contributed by atoms with Crippen molar-refractivity contribution in [2.24, 2.45) is 0 Å². The van der Waals surface area contributed by atoms with Gasteiger partial charge in [0.25, 0.3) is 0 Å². The highest BCUT2D eigenvalue weighted by atomic mass is 19.4. The Bertz CT molecular complexity index is 1120. The molecule has 3 aromatic rings. The lowest BCUT2D eigenvalue weighted by Gasteiger charge is -2.26. The topological polar surface area (TPSA) is 67.5 Å². The van der Waals surface area contributed by atoms with Crippen molar-refractivity contribution in [2.45, 2.75) is 39.0 Å². The lowest BCUT2D eigenvalue weighted by Crippen LogP contribution is -2.38. The first kappa shape index (κ1) is 21.7. The zero-order valence-electron chi connectivity index (χ0n) is 17.6. The van der Waals surface area contributed by atoms with Gasteiger partial charge < -0.3 is 19.4 Å². The molecule has 6 nitrogen and oxygen atoms in total. The number of aromatic amines is 1. The van der Waals surface area contributed by atoms with Gasteiger partial charge in [-0.15, -0.1) is 0 Å². The van der Waals surface area contributed by atoms with Crippen molar-refractivity contribution < 1.29 is 27.4 Å². The summed E-state index contributed by atoms with van der Waals surface area (Å²) < 4.78 is 50.6. The molecule has 9 heteroatoms. The number of aromatic nitrogens is 2. The van der Waals surface area contributed by atoms with E-state index in [-0.39, 0.29) is 31.4 Å². The van der Waals surface area contributed by atoms with Crippen LogP contribution in [-0.2, 0) is 23.9 Å². The number of nitrogens with zero attached hydrogens (tertiary/aromatic N) is 2. The van der Waals surface area contributed by atoms with E-state index in [1.165, 1.54) is 23.1 Å². The summed E-state index contributed by atoms with van der Waals surface area (Å²) in [7, 11) is 0. The minimum absolute atomic E-state index is 0.0452. The van der Waals surface area contributed by atoms with Crippen LogP contribution in [0.2, 0.25) is 0 Å². The van der Waals surface area contributed by atoms with Crippen molar-refractivity contribution in [1.82, 2.24) is 14.9 Å². The van der Waals surface area contributed by atoms with E-state index < -0.39 is 17.6 Å². The molecule has 0 unspecified atom stereocenters. The molecule has 0 saturated carbocycles. The maximum Gasteiger partial charge on any atom is 0.416 e. The molecule has 0 aliphatic carbocycles. The van der Waals surface area contributed by atoms with Crippen molar-refractivity contribution in [3.8, 4) is 22.8 Å². The van der Waals surface area contributed by atoms with E-state index in [9.17, 15) is 18.0 Å². The number of nitrogens with one attached hydrogen (secondary N) is 1. The van der Waals surface area contributed by atoms with Gasteiger partial charge in [-0.25, -0.2) is 4.98 Å². The van der Waals surface area contributed by atoms with Crippen molar-refractivity contribution >= 4 is 5.91 Å². The highest BCUT2D eigenvalue weighted by Crippen LogP contribution is 2.35. The van der Waals surface area contributed by atoms with Gasteiger partial charge in [0, 0.05) is 11.6 Å². The second-order valence-electron chi connectivity index (χ2n) is 7.76. The highest BCUT2D eigenvalue weighted by molar-refractivity contribution is 5.79. The Balaban J connectivity index is 1.51. The van der Waals surface area contributed by atoms with E-state index in [1.807, 2.05) is 26.0 Å². The Morgan fingerprint density at radius 1 is 1.16 bits per heavy atom. The molecule has 0 fully saturated rings. The first-order valence-electron chi connectivity index (χ1n) is 10.1. The fourth-order valence-corrected chi connectivity index (χ4v) is 3.59. The van der Waals surface area contributed by atoms with Crippen molar-refractivity contribution in [3.05, 3.63) is 65.6 Å². The van der Waals surface area contributed by atoms with Crippen LogP contribution in [0.4, 0.5) is 13.2 Å². The number of H-pyrrole nitrogens is 1. The maximum absolute atomic E-state index is 13.3. The normalized spacial score (nSPS) is 12.9. The van der Waals surface area contributed by atoms with E-state index in [1.54, 1.807) is 12.3 Å². The molecule has 0 radical (unpaired) electrons. The number of fused-ring (bicyclic) bond motifs is 1. The summed E-state index contributed by atoms with van der Waals surface area (Å²) in [6, 6.07) is 10.4. The molecule has 2 heterocycles. The van der Waals surface area contributed by atoms with Gasteiger partial charge in [0.15, 0.2) is 11.5 Å². The number of halogens is 3. The average molecular weight is 445 g/mol. The molecule has 0 bridgehead atoms. The average Bonchev–Trinajstić information content (AvgIpc) is 3.40. The van der Waals surface area contributed by atoms with Crippen LogP contribution in [-0.4, -0.2) is 33.6 Å². The molecule has 32 heavy (non-hydrogen) atoms. The van der Waals surface area contributed by atoms with Crippen LogP contribution >= 0.6 is 0 Å². The van der Waals surface area contributed by atoms with Crippen LogP contribution in [0.15, 0.2) is 48.7 Å². The van der Waals surface area contributed by atoms with Crippen molar-refractivity contribution in [1.29, 1.82) is 0 Å². The molecule has 0 atom stereocenters. The van der Waals surface area contributed by atoms with E-state index in [4.69, 9.17) is 9.47 Å². The third kappa shape index (κ3) is 4.56. The Morgan fingerprint density at radius 2 is 1.91 bits per heavy atom. The van der Waals surface area contributed by atoms with Gasteiger partial charge in [-0.05, 0) is 43.7 Å². The molecule has 168 valence electrons. The minimum Gasteiger partial charge on any atom is -0.454 e. The molecule has 1 amide bonds. The van der Waals surface area contributed by atoms with Crippen LogP contribution in [0, 0.1) is 0 Å². The van der Waals surface area contributed by atoms with Gasteiger partial charge in [0.05, 0.1) is 30.4 Å². The van der Waals surface area contributed by atoms with Crippen LogP contribution in [0.5, 0.6) is 11.5 Å². The quantitative estimate of drug-likeness (QED) is 0.592. The van der Waals surface area contributed by atoms with Crippen molar-refractivity contribution in [3.63, 3.8) is 0 Å². The Kier molecular flexibility index (Phi) is 5.82. The van der Waals surface area contributed by atoms with Crippen LogP contribution in [0.25, 0.3) is 11.3 Å². The van der Waals surface area contributed by atoms with Crippen LogP contribution < -0.4 is 9.47 Å².